The number of nitrogens with one attached hydrogen (secondary N) is 1. The van der Waals surface area contributed by atoms with Crippen LogP contribution in [0.1, 0.15) is 18.0 Å². The van der Waals surface area contributed by atoms with E-state index in [4.69, 9.17) is 9.47 Å². The molecular formula is C16H18N4O6. The fraction of sp³-hybridized carbons (Fsp3) is 0.312. The van der Waals surface area contributed by atoms with Crippen LogP contribution in [0.5, 0.6) is 11.8 Å². The first-order chi connectivity index (χ1) is 12.4. The quantitative estimate of drug-likeness (QED) is 0.452. The number of aromatic nitrogens is 2. The van der Waals surface area contributed by atoms with Crippen molar-refractivity contribution in [1.29, 1.82) is 0 Å². The molecule has 10 heteroatoms. The van der Waals surface area contributed by atoms with E-state index in [1.54, 1.807) is 6.08 Å². The minimum absolute atomic E-state index is 0.0904. The van der Waals surface area contributed by atoms with Crippen LogP contribution < -0.4 is 14.8 Å². The van der Waals surface area contributed by atoms with Crippen molar-refractivity contribution in [3.63, 3.8) is 0 Å². The molecule has 2 rings (SSSR count). The van der Waals surface area contributed by atoms with E-state index in [0.29, 0.717) is 17.5 Å². The van der Waals surface area contributed by atoms with Crippen LogP contribution >= 0.6 is 0 Å². The molecule has 1 aromatic heterocycles. The van der Waals surface area contributed by atoms with Crippen LogP contribution in [-0.2, 0) is 4.74 Å². The minimum atomic E-state index is -0.690. The Bertz CT molecular complexity index is 854. The number of amides is 1. The van der Waals surface area contributed by atoms with Gasteiger partial charge in [0.25, 0.3) is 17.4 Å². The second-order valence-electron chi connectivity index (χ2n) is 5.11. The molecule has 0 bridgehead atoms. The van der Waals surface area contributed by atoms with Gasteiger partial charge in [0.1, 0.15) is 5.52 Å². The summed E-state index contributed by atoms with van der Waals surface area (Å²) in [5, 5.41) is 13.9. The van der Waals surface area contributed by atoms with E-state index in [9.17, 15) is 14.9 Å². The highest BCUT2D eigenvalue weighted by Crippen LogP contribution is 2.33. The molecular weight excluding hydrogens is 344 g/mol. The number of rotatable bonds is 7. The van der Waals surface area contributed by atoms with Crippen LogP contribution in [0.3, 0.4) is 0 Å². The Balaban J connectivity index is 2.76. The molecule has 0 aliphatic carbocycles. The number of nitro groups is 1. The predicted molar refractivity (Wildman–Crippen MR) is 92.4 cm³/mol. The summed E-state index contributed by atoms with van der Waals surface area (Å²) < 4.78 is 14.9. The zero-order chi connectivity index (χ0) is 19.3. The van der Waals surface area contributed by atoms with Crippen molar-refractivity contribution in [3.05, 3.63) is 40.5 Å². The minimum Gasteiger partial charge on any atom is -0.477 e. The number of hydrogen-bond donors (Lipinski definition) is 1. The van der Waals surface area contributed by atoms with Gasteiger partial charge in [-0.05, 0) is 6.42 Å². The van der Waals surface area contributed by atoms with Crippen molar-refractivity contribution < 1.29 is 23.9 Å². The van der Waals surface area contributed by atoms with E-state index in [1.807, 2.05) is 0 Å². The SMILES string of the molecule is C=CCC(NC(=O)OC)c1cc([N+](=O)[O-])cc2nc(OC)c(OC)nc12. The van der Waals surface area contributed by atoms with E-state index in [2.05, 4.69) is 26.6 Å². The third-order valence-corrected chi connectivity index (χ3v) is 3.58. The van der Waals surface area contributed by atoms with Crippen LogP contribution in [0.4, 0.5) is 10.5 Å². The first kappa shape index (κ1) is 18.9. The lowest BCUT2D eigenvalue weighted by Crippen LogP contribution is -2.28. The van der Waals surface area contributed by atoms with Crippen molar-refractivity contribution >= 4 is 22.8 Å². The van der Waals surface area contributed by atoms with Gasteiger partial charge < -0.3 is 19.5 Å². The Kier molecular flexibility index (Phi) is 5.89. The summed E-state index contributed by atoms with van der Waals surface area (Å²) in [7, 11) is 4.01. The second-order valence-corrected chi connectivity index (χ2v) is 5.11. The van der Waals surface area contributed by atoms with Crippen LogP contribution in [0, 0.1) is 10.1 Å². The van der Waals surface area contributed by atoms with E-state index in [1.165, 1.54) is 33.5 Å². The molecule has 0 saturated carbocycles. The molecule has 138 valence electrons. The number of carbonyl (C=O) groups is 1. The summed E-state index contributed by atoms with van der Waals surface area (Å²) in [6.45, 7) is 3.65. The normalized spacial score (nSPS) is 11.5. The monoisotopic (exact) mass is 362 g/mol. The van der Waals surface area contributed by atoms with E-state index < -0.39 is 17.1 Å². The summed E-state index contributed by atoms with van der Waals surface area (Å²) in [5.74, 6) is 0.207. The molecule has 1 heterocycles. The summed E-state index contributed by atoms with van der Waals surface area (Å²) in [6, 6.07) is 1.94. The molecule has 1 aromatic carbocycles. The molecule has 1 N–H and O–H groups in total. The first-order valence-corrected chi connectivity index (χ1v) is 7.48. The summed E-state index contributed by atoms with van der Waals surface area (Å²) in [5.41, 5.74) is 0.742. The van der Waals surface area contributed by atoms with Gasteiger partial charge in [-0.25, -0.2) is 14.8 Å². The molecule has 0 aliphatic heterocycles. The second kappa shape index (κ2) is 8.10. The van der Waals surface area contributed by atoms with Gasteiger partial charge in [0.05, 0.1) is 37.8 Å². The van der Waals surface area contributed by atoms with Gasteiger partial charge in [0.2, 0.25) is 0 Å². The van der Waals surface area contributed by atoms with Gasteiger partial charge in [-0.15, -0.1) is 6.58 Å². The molecule has 0 fully saturated rings. The van der Waals surface area contributed by atoms with Gasteiger partial charge in [-0.1, -0.05) is 6.08 Å². The molecule has 1 unspecified atom stereocenters. The van der Waals surface area contributed by atoms with E-state index in [0.717, 1.165) is 0 Å². The number of ether oxygens (including phenoxy) is 3. The molecule has 26 heavy (non-hydrogen) atoms. The fourth-order valence-electron chi connectivity index (χ4n) is 2.41. The number of nitrogens with zero attached hydrogens (tertiary/aromatic N) is 3. The molecule has 1 amide bonds. The Hall–Kier alpha value is -3.43. The largest absolute Gasteiger partial charge is 0.477 e. The molecule has 2 aromatic rings. The van der Waals surface area contributed by atoms with Crippen LogP contribution in [0.25, 0.3) is 11.0 Å². The standard InChI is InChI=1S/C16H18N4O6/c1-5-6-11(18-16(21)26-4)10-7-9(20(22)23)8-12-13(10)19-15(25-3)14(17-12)24-2/h5,7-8,11H,1,6H2,2-4H3,(H,18,21). The number of methoxy groups -OCH3 is 3. The topological polar surface area (TPSA) is 126 Å². The smallest absolute Gasteiger partial charge is 0.407 e. The lowest BCUT2D eigenvalue weighted by molar-refractivity contribution is -0.384. The first-order valence-electron chi connectivity index (χ1n) is 7.48. The fourth-order valence-corrected chi connectivity index (χ4v) is 2.41. The van der Waals surface area contributed by atoms with E-state index >= 15 is 0 Å². The highest BCUT2D eigenvalue weighted by molar-refractivity contribution is 5.83. The predicted octanol–water partition coefficient (Wildman–Crippen LogP) is 2.53. The summed E-state index contributed by atoms with van der Waals surface area (Å²) >= 11 is 0. The van der Waals surface area contributed by atoms with Gasteiger partial charge >= 0.3 is 6.09 Å². The highest BCUT2D eigenvalue weighted by atomic mass is 16.6. The third kappa shape index (κ3) is 3.79. The average molecular weight is 362 g/mol. The maximum absolute atomic E-state index is 11.7. The van der Waals surface area contributed by atoms with Crippen molar-refractivity contribution in [1.82, 2.24) is 15.3 Å². The number of hydrogen-bond acceptors (Lipinski definition) is 8. The van der Waals surface area contributed by atoms with Gasteiger partial charge in [0, 0.05) is 17.7 Å². The molecule has 0 spiro atoms. The zero-order valence-electron chi connectivity index (χ0n) is 14.5. The Morgan fingerprint density at radius 3 is 2.50 bits per heavy atom. The third-order valence-electron chi connectivity index (χ3n) is 3.58. The zero-order valence-corrected chi connectivity index (χ0v) is 14.5. The Morgan fingerprint density at radius 2 is 1.96 bits per heavy atom. The maximum Gasteiger partial charge on any atom is 0.407 e. The Labute approximate surface area is 148 Å². The lowest BCUT2D eigenvalue weighted by atomic mass is 10.0. The number of carbonyl (C=O) groups excluding carboxylic acids is 1. The molecule has 0 radical (unpaired) electrons. The number of nitro benzene ring substituents is 1. The number of non-ortho nitro benzene ring substituents is 1. The highest BCUT2D eigenvalue weighted by Gasteiger charge is 2.23. The van der Waals surface area contributed by atoms with Crippen molar-refractivity contribution in [2.75, 3.05) is 21.3 Å². The summed E-state index contributed by atoms with van der Waals surface area (Å²) in [4.78, 5) is 31.0. The van der Waals surface area contributed by atoms with Gasteiger partial charge in [0.15, 0.2) is 0 Å². The molecule has 0 saturated heterocycles. The summed E-state index contributed by atoms with van der Waals surface area (Å²) in [6.07, 6.45) is 1.17. The molecule has 1 atom stereocenters. The maximum atomic E-state index is 11.7. The lowest BCUT2D eigenvalue weighted by Gasteiger charge is -2.18. The van der Waals surface area contributed by atoms with Crippen LogP contribution in [-0.4, -0.2) is 42.3 Å². The van der Waals surface area contributed by atoms with E-state index in [-0.39, 0.29) is 23.0 Å². The molecule has 10 nitrogen and oxygen atoms in total. The molecule has 0 aliphatic rings. The Morgan fingerprint density at radius 1 is 1.31 bits per heavy atom. The van der Waals surface area contributed by atoms with Gasteiger partial charge in [-0.2, -0.15) is 0 Å². The van der Waals surface area contributed by atoms with Crippen LogP contribution in [0.2, 0.25) is 0 Å². The van der Waals surface area contributed by atoms with Crippen molar-refractivity contribution in [3.8, 4) is 11.8 Å². The number of fused-ring (bicyclic) bond motifs is 1. The van der Waals surface area contributed by atoms with Crippen LogP contribution in [0.15, 0.2) is 24.8 Å². The number of alkyl carbamates (subject to hydrolysis) is 1. The van der Waals surface area contributed by atoms with Crippen molar-refractivity contribution in [2.24, 2.45) is 0 Å². The average Bonchev–Trinajstić information content (AvgIpc) is 2.65. The van der Waals surface area contributed by atoms with Crippen molar-refractivity contribution in [2.45, 2.75) is 12.5 Å². The van der Waals surface area contributed by atoms with Gasteiger partial charge in [-0.3, -0.25) is 10.1 Å². The number of benzene rings is 1.